The zero-order valence-corrected chi connectivity index (χ0v) is 12.6. The number of carbonyl (C=O) groups excluding carboxylic acids is 2. The molecule has 3 amide bonds. The quantitative estimate of drug-likeness (QED) is 0.372. The Balaban J connectivity index is 1.75. The summed E-state index contributed by atoms with van der Waals surface area (Å²) in [5.41, 5.74) is 0. The van der Waals surface area contributed by atoms with Crippen LogP contribution >= 0.6 is 0 Å². The second-order valence-corrected chi connectivity index (χ2v) is 4.72. The summed E-state index contributed by atoms with van der Waals surface area (Å²) in [7, 11) is 0. The van der Waals surface area contributed by atoms with Crippen LogP contribution in [0.1, 0.15) is 12.7 Å². The van der Waals surface area contributed by atoms with Crippen LogP contribution in [0, 0.1) is 0 Å². The lowest BCUT2D eigenvalue weighted by Gasteiger charge is -2.15. The van der Waals surface area contributed by atoms with Crippen molar-refractivity contribution in [1.29, 1.82) is 0 Å². The Kier molecular flexibility index (Phi) is 5.81. The average Bonchev–Trinajstić information content (AvgIpc) is 3.12. The van der Waals surface area contributed by atoms with E-state index in [1.54, 1.807) is 6.26 Å². The topological polar surface area (TPSA) is 99.0 Å². The zero-order chi connectivity index (χ0) is 15.8. The van der Waals surface area contributed by atoms with Crippen LogP contribution in [0.2, 0.25) is 0 Å². The molecule has 0 aromatic carbocycles. The number of nitrogens with one attached hydrogen (secondary N) is 3. The first-order chi connectivity index (χ1) is 10.7. The highest BCUT2D eigenvalue weighted by Gasteiger charge is 2.27. The van der Waals surface area contributed by atoms with E-state index in [4.69, 9.17) is 4.42 Å². The zero-order valence-electron chi connectivity index (χ0n) is 12.6. The molecular formula is C14H21N5O3. The number of amides is 3. The summed E-state index contributed by atoms with van der Waals surface area (Å²) in [6.07, 6.45) is 2.36. The number of guanidine groups is 1. The van der Waals surface area contributed by atoms with E-state index < -0.39 is 0 Å². The van der Waals surface area contributed by atoms with Crippen molar-refractivity contribution in [2.24, 2.45) is 4.99 Å². The van der Waals surface area contributed by atoms with Gasteiger partial charge in [0.1, 0.15) is 5.76 Å². The lowest BCUT2D eigenvalue weighted by atomic mass is 10.3. The number of nitrogens with zero attached hydrogens (tertiary/aromatic N) is 2. The first-order valence-corrected chi connectivity index (χ1v) is 7.33. The number of rotatable bonds is 7. The van der Waals surface area contributed by atoms with Crippen molar-refractivity contribution in [3.63, 3.8) is 0 Å². The van der Waals surface area contributed by atoms with Gasteiger partial charge in [0.15, 0.2) is 5.96 Å². The van der Waals surface area contributed by atoms with Gasteiger partial charge in [-0.1, -0.05) is 0 Å². The number of hydrogen-bond acceptors (Lipinski definition) is 4. The van der Waals surface area contributed by atoms with Crippen LogP contribution in [0.5, 0.6) is 0 Å². The Morgan fingerprint density at radius 2 is 2.32 bits per heavy atom. The summed E-state index contributed by atoms with van der Waals surface area (Å²) >= 11 is 0. The van der Waals surface area contributed by atoms with E-state index >= 15 is 0 Å². The maximum absolute atomic E-state index is 11.4. The number of hydrogen-bond donors (Lipinski definition) is 3. The lowest BCUT2D eigenvalue weighted by molar-refractivity contribution is -0.124. The second-order valence-electron chi connectivity index (χ2n) is 4.72. The molecular weight excluding hydrogens is 286 g/mol. The summed E-state index contributed by atoms with van der Waals surface area (Å²) in [6.45, 7) is 4.14. The summed E-state index contributed by atoms with van der Waals surface area (Å²) in [4.78, 5) is 28.5. The molecule has 1 aromatic heterocycles. The van der Waals surface area contributed by atoms with Gasteiger partial charge in [0.05, 0.1) is 12.8 Å². The van der Waals surface area contributed by atoms with Gasteiger partial charge in [0, 0.05) is 32.6 Å². The van der Waals surface area contributed by atoms with Crippen molar-refractivity contribution in [3.8, 4) is 0 Å². The Labute approximate surface area is 128 Å². The van der Waals surface area contributed by atoms with E-state index in [2.05, 4.69) is 20.9 Å². The van der Waals surface area contributed by atoms with Crippen molar-refractivity contribution in [1.82, 2.24) is 20.9 Å². The van der Waals surface area contributed by atoms with Gasteiger partial charge in [-0.25, -0.2) is 4.79 Å². The first-order valence-electron chi connectivity index (χ1n) is 7.33. The van der Waals surface area contributed by atoms with Crippen LogP contribution < -0.4 is 16.0 Å². The molecule has 8 heteroatoms. The van der Waals surface area contributed by atoms with E-state index in [-0.39, 0.29) is 18.5 Å². The third kappa shape index (κ3) is 4.51. The fraction of sp³-hybridized carbons (Fsp3) is 0.500. The fourth-order valence-electron chi connectivity index (χ4n) is 2.04. The SMILES string of the molecule is CCNC(=NCCc1ccco1)NCCN1C(=O)CNC1=O. The molecule has 1 aliphatic rings. The van der Waals surface area contributed by atoms with E-state index in [1.807, 2.05) is 19.1 Å². The normalized spacial score (nSPS) is 15.1. The first kappa shape index (κ1) is 15.9. The molecule has 0 unspecified atom stereocenters. The second kappa shape index (κ2) is 8.06. The summed E-state index contributed by atoms with van der Waals surface area (Å²) in [5, 5.41) is 8.70. The number of furan rings is 1. The van der Waals surface area contributed by atoms with Crippen LogP contribution in [0.4, 0.5) is 4.79 Å². The molecule has 0 aliphatic carbocycles. The molecule has 2 heterocycles. The molecule has 2 rings (SSSR count). The monoisotopic (exact) mass is 307 g/mol. The highest BCUT2D eigenvalue weighted by molar-refractivity contribution is 6.01. The molecule has 8 nitrogen and oxygen atoms in total. The molecule has 0 saturated carbocycles. The largest absolute Gasteiger partial charge is 0.469 e. The minimum absolute atomic E-state index is 0.0795. The molecule has 22 heavy (non-hydrogen) atoms. The number of aliphatic imine (C=N–C) groups is 1. The van der Waals surface area contributed by atoms with Crippen LogP contribution in [0.3, 0.4) is 0 Å². The van der Waals surface area contributed by atoms with Gasteiger partial charge >= 0.3 is 6.03 Å². The van der Waals surface area contributed by atoms with E-state index in [9.17, 15) is 9.59 Å². The maximum atomic E-state index is 11.4. The van der Waals surface area contributed by atoms with Crippen molar-refractivity contribution in [2.45, 2.75) is 13.3 Å². The summed E-state index contributed by atoms with van der Waals surface area (Å²) in [5.74, 6) is 1.34. The number of carbonyl (C=O) groups is 2. The van der Waals surface area contributed by atoms with E-state index in [1.165, 1.54) is 4.90 Å². The molecule has 1 aliphatic heterocycles. The van der Waals surface area contributed by atoms with Crippen LogP contribution in [-0.4, -0.2) is 55.5 Å². The Hall–Kier alpha value is -2.51. The Morgan fingerprint density at radius 3 is 2.95 bits per heavy atom. The number of imide groups is 1. The predicted molar refractivity (Wildman–Crippen MR) is 81.5 cm³/mol. The highest BCUT2D eigenvalue weighted by atomic mass is 16.3. The maximum Gasteiger partial charge on any atom is 0.324 e. The number of urea groups is 1. The van der Waals surface area contributed by atoms with Gasteiger partial charge in [-0.05, 0) is 19.1 Å². The molecule has 0 radical (unpaired) electrons. The minimum atomic E-state index is -0.341. The molecule has 3 N–H and O–H groups in total. The summed E-state index contributed by atoms with van der Waals surface area (Å²) < 4.78 is 5.25. The van der Waals surface area contributed by atoms with Crippen molar-refractivity contribution >= 4 is 17.9 Å². The van der Waals surface area contributed by atoms with Gasteiger partial charge in [-0.2, -0.15) is 0 Å². The molecule has 1 fully saturated rings. The average molecular weight is 307 g/mol. The van der Waals surface area contributed by atoms with Crippen molar-refractivity contribution < 1.29 is 14.0 Å². The molecule has 0 spiro atoms. The molecule has 0 atom stereocenters. The third-order valence-corrected chi connectivity index (χ3v) is 3.12. The summed E-state index contributed by atoms with van der Waals surface area (Å²) in [6, 6.07) is 3.42. The molecule has 0 bridgehead atoms. The third-order valence-electron chi connectivity index (χ3n) is 3.12. The van der Waals surface area contributed by atoms with Crippen LogP contribution in [-0.2, 0) is 11.2 Å². The minimum Gasteiger partial charge on any atom is -0.469 e. The standard InChI is InChI=1S/C14H21N5O3/c1-2-15-13(16-6-5-11-4-3-9-22-11)17-7-8-19-12(20)10-18-14(19)21/h3-4,9H,2,5-8,10H2,1H3,(H,18,21)(H2,15,16,17). The van der Waals surface area contributed by atoms with Crippen molar-refractivity contribution in [3.05, 3.63) is 24.2 Å². The molecule has 120 valence electrons. The Morgan fingerprint density at radius 1 is 1.45 bits per heavy atom. The van der Waals surface area contributed by atoms with Crippen molar-refractivity contribution in [2.75, 3.05) is 32.7 Å². The fourth-order valence-corrected chi connectivity index (χ4v) is 2.04. The molecule has 1 aromatic rings. The smallest absolute Gasteiger partial charge is 0.324 e. The molecule has 1 saturated heterocycles. The van der Waals surface area contributed by atoms with Gasteiger partial charge in [0.2, 0.25) is 5.91 Å². The van der Waals surface area contributed by atoms with Crippen LogP contribution in [0.25, 0.3) is 0 Å². The highest BCUT2D eigenvalue weighted by Crippen LogP contribution is 2.00. The van der Waals surface area contributed by atoms with Gasteiger partial charge in [-0.15, -0.1) is 0 Å². The van der Waals surface area contributed by atoms with Gasteiger partial charge in [0.25, 0.3) is 0 Å². The van der Waals surface area contributed by atoms with E-state index in [0.717, 1.165) is 18.7 Å². The van der Waals surface area contributed by atoms with Gasteiger partial charge in [-0.3, -0.25) is 14.7 Å². The predicted octanol–water partition coefficient (Wildman–Crippen LogP) is -0.0710. The van der Waals surface area contributed by atoms with Crippen LogP contribution in [0.15, 0.2) is 27.8 Å². The van der Waals surface area contributed by atoms with E-state index in [0.29, 0.717) is 25.6 Å². The van der Waals surface area contributed by atoms with Gasteiger partial charge < -0.3 is 20.4 Å². The lowest BCUT2D eigenvalue weighted by Crippen LogP contribution is -2.43. The Bertz CT molecular complexity index is 511.